The Morgan fingerprint density at radius 3 is 2.76 bits per heavy atom. The van der Waals surface area contributed by atoms with Gasteiger partial charge in [0, 0.05) is 28.5 Å². The lowest BCUT2D eigenvalue weighted by molar-refractivity contribution is -0.120. The van der Waals surface area contributed by atoms with Crippen LogP contribution in [0, 0.1) is 0 Å². The van der Waals surface area contributed by atoms with Crippen molar-refractivity contribution >= 4 is 27.5 Å². The number of carbonyl (C=O) groups is 1. The number of fused-ring (bicyclic) bond motifs is 1. The summed E-state index contributed by atoms with van der Waals surface area (Å²) in [6.07, 6.45) is 1.58. The van der Waals surface area contributed by atoms with Crippen LogP contribution in [-0.2, 0) is 10.2 Å². The van der Waals surface area contributed by atoms with E-state index < -0.39 is 0 Å². The van der Waals surface area contributed by atoms with Gasteiger partial charge >= 0.3 is 0 Å². The zero-order valence-electron chi connectivity index (χ0n) is 10.6. The molecule has 0 fully saturated rings. The minimum Gasteiger partial charge on any atom is -0.312 e. The predicted octanol–water partition coefficient (Wildman–Crippen LogP) is 3.87. The Balaban J connectivity index is 2.55. The van der Waals surface area contributed by atoms with Crippen LogP contribution in [0.4, 0.5) is 5.69 Å². The molecule has 1 aromatic rings. The van der Waals surface area contributed by atoms with Gasteiger partial charge in [-0.3, -0.25) is 4.79 Å². The molecule has 17 heavy (non-hydrogen) atoms. The Labute approximate surface area is 111 Å². The fourth-order valence-corrected chi connectivity index (χ4v) is 2.82. The Kier molecular flexibility index (Phi) is 3.30. The highest BCUT2D eigenvalue weighted by atomic mass is 79.9. The molecule has 1 amide bonds. The van der Waals surface area contributed by atoms with Crippen molar-refractivity contribution in [1.82, 2.24) is 0 Å². The van der Waals surface area contributed by atoms with E-state index in [1.54, 1.807) is 0 Å². The number of hydrogen-bond acceptors (Lipinski definition) is 1. The molecule has 1 aliphatic rings. The van der Waals surface area contributed by atoms with Gasteiger partial charge in [-0.2, -0.15) is 0 Å². The minimum atomic E-state index is -0.0582. The molecule has 2 nitrogen and oxygen atoms in total. The lowest BCUT2D eigenvalue weighted by Crippen LogP contribution is -2.42. The second-order valence-electron chi connectivity index (χ2n) is 5.27. The standard InChI is InChI=1S/C14H18BrNO/c1-4-7-16-12-8-10(15)5-6-11(12)14(2,3)9-13(16)17/h5-6,8H,4,7,9H2,1-3H3. The predicted molar refractivity (Wildman–Crippen MR) is 74.4 cm³/mol. The second-order valence-corrected chi connectivity index (χ2v) is 6.18. The molecule has 1 aliphatic heterocycles. The van der Waals surface area contributed by atoms with Gasteiger partial charge in [-0.05, 0) is 24.1 Å². The third kappa shape index (κ3) is 2.25. The van der Waals surface area contributed by atoms with Gasteiger partial charge in [0.1, 0.15) is 0 Å². The van der Waals surface area contributed by atoms with Crippen LogP contribution < -0.4 is 4.90 Å². The van der Waals surface area contributed by atoms with E-state index >= 15 is 0 Å². The minimum absolute atomic E-state index is 0.0582. The van der Waals surface area contributed by atoms with Crippen LogP contribution in [0.25, 0.3) is 0 Å². The average Bonchev–Trinajstić information content (AvgIpc) is 2.23. The van der Waals surface area contributed by atoms with Crippen LogP contribution in [-0.4, -0.2) is 12.5 Å². The molecule has 0 aromatic heterocycles. The Hall–Kier alpha value is -0.830. The van der Waals surface area contributed by atoms with Gasteiger partial charge in [-0.1, -0.05) is 42.8 Å². The first-order valence-corrected chi connectivity index (χ1v) is 6.85. The van der Waals surface area contributed by atoms with Crippen LogP contribution in [0.1, 0.15) is 39.2 Å². The van der Waals surface area contributed by atoms with Gasteiger partial charge in [0.2, 0.25) is 5.91 Å². The van der Waals surface area contributed by atoms with Crippen LogP contribution in [0.3, 0.4) is 0 Å². The molecule has 1 aromatic carbocycles. The van der Waals surface area contributed by atoms with E-state index in [1.165, 1.54) is 5.56 Å². The molecule has 3 heteroatoms. The number of rotatable bonds is 2. The van der Waals surface area contributed by atoms with Crippen molar-refractivity contribution < 1.29 is 4.79 Å². The summed E-state index contributed by atoms with van der Waals surface area (Å²) in [5, 5.41) is 0. The lowest BCUT2D eigenvalue weighted by Gasteiger charge is -2.38. The summed E-state index contributed by atoms with van der Waals surface area (Å²) in [4.78, 5) is 14.1. The van der Waals surface area contributed by atoms with E-state index in [2.05, 4.69) is 54.9 Å². The Bertz CT molecular complexity index is 454. The highest BCUT2D eigenvalue weighted by Gasteiger charge is 2.36. The third-order valence-corrected chi connectivity index (χ3v) is 3.81. The number of halogens is 1. The van der Waals surface area contributed by atoms with Crippen LogP contribution in [0.15, 0.2) is 22.7 Å². The molecule has 0 unspecified atom stereocenters. The number of benzene rings is 1. The molecular formula is C14H18BrNO. The maximum Gasteiger partial charge on any atom is 0.227 e. The highest BCUT2D eigenvalue weighted by Crippen LogP contribution is 2.41. The molecule has 2 rings (SSSR count). The van der Waals surface area contributed by atoms with Crippen LogP contribution in [0.5, 0.6) is 0 Å². The van der Waals surface area contributed by atoms with E-state index in [0.717, 1.165) is 23.1 Å². The number of nitrogens with zero attached hydrogens (tertiary/aromatic N) is 1. The average molecular weight is 296 g/mol. The highest BCUT2D eigenvalue weighted by molar-refractivity contribution is 9.10. The van der Waals surface area contributed by atoms with Crippen LogP contribution >= 0.6 is 15.9 Å². The summed E-state index contributed by atoms with van der Waals surface area (Å²) in [5.41, 5.74) is 2.29. The summed E-state index contributed by atoms with van der Waals surface area (Å²) < 4.78 is 1.03. The maximum absolute atomic E-state index is 12.2. The van der Waals surface area contributed by atoms with Crippen molar-refractivity contribution in [3.63, 3.8) is 0 Å². The first-order chi connectivity index (χ1) is 7.95. The van der Waals surface area contributed by atoms with E-state index in [-0.39, 0.29) is 11.3 Å². The fraction of sp³-hybridized carbons (Fsp3) is 0.500. The van der Waals surface area contributed by atoms with Crippen molar-refractivity contribution in [3.05, 3.63) is 28.2 Å². The van der Waals surface area contributed by atoms with Crippen molar-refractivity contribution in [2.45, 2.75) is 39.0 Å². The third-order valence-electron chi connectivity index (χ3n) is 3.32. The largest absolute Gasteiger partial charge is 0.312 e. The van der Waals surface area contributed by atoms with Crippen molar-refractivity contribution in [3.8, 4) is 0 Å². The SMILES string of the molecule is CCCN1C(=O)CC(C)(C)c2ccc(Br)cc21. The Morgan fingerprint density at radius 2 is 2.12 bits per heavy atom. The van der Waals surface area contributed by atoms with Crippen molar-refractivity contribution in [2.75, 3.05) is 11.4 Å². The summed E-state index contributed by atoms with van der Waals surface area (Å²) in [5.74, 6) is 0.238. The quantitative estimate of drug-likeness (QED) is 0.811. The molecule has 0 spiro atoms. The molecule has 0 saturated carbocycles. The molecule has 92 valence electrons. The van der Waals surface area contributed by atoms with Gasteiger partial charge in [-0.15, -0.1) is 0 Å². The lowest BCUT2D eigenvalue weighted by atomic mass is 9.77. The molecule has 0 saturated heterocycles. The number of hydrogen-bond donors (Lipinski definition) is 0. The summed E-state index contributed by atoms with van der Waals surface area (Å²) in [7, 11) is 0. The van der Waals surface area contributed by atoms with E-state index in [9.17, 15) is 4.79 Å². The molecular weight excluding hydrogens is 278 g/mol. The number of anilines is 1. The topological polar surface area (TPSA) is 20.3 Å². The molecule has 0 N–H and O–H groups in total. The maximum atomic E-state index is 12.2. The molecule has 0 aliphatic carbocycles. The van der Waals surface area contributed by atoms with E-state index in [4.69, 9.17) is 0 Å². The van der Waals surface area contributed by atoms with E-state index in [0.29, 0.717) is 6.42 Å². The first-order valence-electron chi connectivity index (χ1n) is 6.06. The van der Waals surface area contributed by atoms with Crippen LogP contribution in [0.2, 0.25) is 0 Å². The van der Waals surface area contributed by atoms with Gasteiger partial charge < -0.3 is 4.90 Å². The second kappa shape index (κ2) is 4.45. The van der Waals surface area contributed by atoms with Gasteiger partial charge in [0.05, 0.1) is 0 Å². The molecule has 1 heterocycles. The zero-order valence-corrected chi connectivity index (χ0v) is 12.2. The van der Waals surface area contributed by atoms with E-state index in [1.807, 2.05) is 4.90 Å². The van der Waals surface area contributed by atoms with Gasteiger partial charge in [0.15, 0.2) is 0 Å². The monoisotopic (exact) mass is 295 g/mol. The normalized spacial score (nSPS) is 18.1. The number of amides is 1. The van der Waals surface area contributed by atoms with Crippen molar-refractivity contribution in [1.29, 1.82) is 0 Å². The zero-order chi connectivity index (χ0) is 12.6. The Morgan fingerprint density at radius 1 is 1.41 bits per heavy atom. The smallest absolute Gasteiger partial charge is 0.227 e. The molecule has 0 atom stereocenters. The molecule has 0 bridgehead atoms. The summed E-state index contributed by atoms with van der Waals surface area (Å²) in [6.45, 7) is 7.19. The fourth-order valence-electron chi connectivity index (χ4n) is 2.47. The van der Waals surface area contributed by atoms with Gasteiger partial charge in [-0.25, -0.2) is 0 Å². The number of carbonyl (C=O) groups excluding carboxylic acids is 1. The van der Waals surface area contributed by atoms with Crippen molar-refractivity contribution in [2.24, 2.45) is 0 Å². The molecule has 0 radical (unpaired) electrons. The van der Waals surface area contributed by atoms with Gasteiger partial charge in [0.25, 0.3) is 0 Å². The summed E-state index contributed by atoms with van der Waals surface area (Å²) >= 11 is 3.49. The summed E-state index contributed by atoms with van der Waals surface area (Å²) in [6, 6.07) is 6.25. The first kappa shape index (κ1) is 12.6.